The van der Waals surface area contributed by atoms with Crippen LogP contribution in [0.15, 0.2) is 0 Å². The molecule has 0 amide bonds. The first-order valence-corrected chi connectivity index (χ1v) is 7.70. The summed E-state index contributed by atoms with van der Waals surface area (Å²) < 4.78 is 0. The predicted octanol–water partition coefficient (Wildman–Crippen LogP) is 1.63. The molecule has 3 aliphatic rings. The van der Waals surface area contributed by atoms with Crippen molar-refractivity contribution in [1.29, 1.82) is 0 Å². The van der Waals surface area contributed by atoms with Gasteiger partial charge < -0.3 is 10.6 Å². The van der Waals surface area contributed by atoms with E-state index in [1.807, 2.05) is 0 Å². The molecule has 4 atom stereocenters. The summed E-state index contributed by atoms with van der Waals surface area (Å²) in [6, 6.07) is 0.590. The van der Waals surface area contributed by atoms with Crippen molar-refractivity contribution in [3.63, 3.8) is 0 Å². The molecule has 0 bridgehead atoms. The number of fused-ring (bicyclic) bond motifs is 1. The van der Waals surface area contributed by atoms with E-state index in [4.69, 9.17) is 10.7 Å². The van der Waals surface area contributed by atoms with Crippen LogP contribution in [0.3, 0.4) is 0 Å². The number of anilines is 1. The van der Waals surface area contributed by atoms with Crippen LogP contribution in [0.1, 0.15) is 50.8 Å². The lowest BCUT2D eigenvalue weighted by Crippen LogP contribution is -2.50. The Balaban J connectivity index is 1.52. The van der Waals surface area contributed by atoms with Gasteiger partial charge in [-0.3, -0.25) is 5.10 Å². The van der Waals surface area contributed by atoms with Crippen molar-refractivity contribution in [2.45, 2.75) is 57.0 Å². The van der Waals surface area contributed by atoms with E-state index in [1.165, 1.54) is 19.3 Å². The molecule has 2 aliphatic carbocycles. The van der Waals surface area contributed by atoms with Crippen LogP contribution in [0.2, 0.25) is 0 Å². The Morgan fingerprint density at radius 3 is 2.79 bits per heavy atom. The molecular weight excluding hydrogens is 238 g/mol. The molecule has 2 heterocycles. The van der Waals surface area contributed by atoms with E-state index in [-0.39, 0.29) is 6.04 Å². The standard InChI is InChI=1S/C14H23N5/c1-8-11(15)6-3-7-19(8)14-16-13(17-18-14)12-9-4-2-5-10(9)12/h8-12H,2-7,15H2,1H3,(H,16,17,18). The van der Waals surface area contributed by atoms with Crippen molar-refractivity contribution < 1.29 is 0 Å². The molecule has 19 heavy (non-hydrogen) atoms. The van der Waals surface area contributed by atoms with Gasteiger partial charge in [-0.25, -0.2) is 0 Å². The van der Waals surface area contributed by atoms with Gasteiger partial charge in [0.15, 0.2) is 0 Å². The second-order valence-electron chi connectivity index (χ2n) is 6.55. The number of piperidine rings is 1. The first-order valence-electron chi connectivity index (χ1n) is 7.70. The van der Waals surface area contributed by atoms with Gasteiger partial charge in [-0.05, 0) is 44.4 Å². The lowest BCUT2D eigenvalue weighted by Gasteiger charge is -2.36. The van der Waals surface area contributed by atoms with Crippen LogP contribution < -0.4 is 10.6 Å². The Labute approximate surface area is 114 Å². The van der Waals surface area contributed by atoms with Crippen LogP contribution in [0, 0.1) is 11.8 Å². The quantitative estimate of drug-likeness (QED) is 0.849. The number of nitrogens with two attached hydrogens (primary N) is 1. The van der Waals surface area contributed by atoms with Gasteiger partial charge in [0.2, 0.25) is 5.95 Å². The Kier molecular flexibility index (Phi) is 2.59. The fraction of sp³-hybridized carbons (Fsp3) is 0.857. The SMILES string of the molecule is CC1C(N)CCCN1c1n[nH]c(C2C3CCCC32)n1. The predicted molar refractivity (Wildman–Crippen MR) is 74.0 cm³/mol. The minimum atomic E-state index is 0.246. The molecule has 4 rings (SSSR count). The normalized spacial score (nSPS) is 41.4. The molecule has 3 fully saturated rings. The summed E-state index contributed by atoms with van der Waals surface area (Å²) in [4.78, 5) is 7.04. The molecule has 1 aromatic rings. The molecule has 3 N–H and O–H groups in total. The minimum absolute atomic E-state index is 0.246. The Hall–Kier alpha value is -1.10. The zero-order valence-corrected chi connectivity index (χ0v) is 11.5. The molecule has 0 radical (unpaired) electrons. The average Bonchev–Trinajstić information content (AvgIpc) is 2.86. The largest absolute Gasteiger partial charge is 0.335 e. The minimum Gasteiger partial charge on any atom is -0.335 e. The van der Waals surface area contributed by atoms with Gasteiger partial charge in [0.1, 0.15) is 5.82 Å². The van der Waals surface area contributed by atoms with Gasteiger partial charge in [0, 0.05) is 24.5 Å². The molecule has 5 heteroatoms. The molecule has 1 aromatic heterocycles. The van der Waals surface area contributed by atoms with Crippen LogP contribution in [0.25, 0.3) is 0 Å². The highest BCUT2D eigenvalue weighted by molar-refractivity contribution is 5.34. The third-order valence-corrected chi connectivity index (χ3v) is 5.52. The van der Waals surface area contributed by atoms with E-state index < -0.39 is 0 Å². The van der Waals surface area contributed by atoms with Gasteiger partial charge in [0.05, 0.1) is 0 Å². The molecule has 1 aliphatic heterocycles. The zero-order chi connectivity index (χ0) is 13.0. The molecule has 0 aromatic carbocycles. The van der Waals surface area contributed by atoms with Crippen molar-refractivity contribution in [2.75, 3.05) is 11.4 Å². The molecule has 0 spiro atoms. The summed E-state index contributed by atoms with van der Waals surface area (Å²) in [6.45, 7) is 3.22. The lowest BCUT2D eigenvalue weighted by molar-refractivity contribution is 0.415. The maximum atomic E-state index is 6.15. The molecule has 5 nitrogen and oxygen atoms in total. The smallest absolute Gasteiger partial charge is 0.245 e. The van der Waals surface area contributed by atoms with E-state index in [2.05, 4.69) is 22.0 Å². The van der Waals surface area contributed by atoms with E-state index in [9.17, 15) is 0 Å². The Morgan fingerprint density at radius 2 is 2.00 bits per heavy atom. The van der Waals surface area contributed by atoms with Crippen LogP contribution in [-0.4, -0.2) is 33.8 Å². The number of H-pyrrole nitrogens is 1. The van der Waals surface area contributed by atoms with E-state index >= 15 is 0 Å². The summed E-state index contributed by atoms with van der Waals surface area (Å²) in [7, 11) is 0. The van der Waals surface area contributed by atoms with Crippen molar-refractivity contribution >= 4 is 5.95 Å². The fourth-order valence-corrected chi connectivity index (χ4v) is 4.23. The van der Waals surface area contributed by atoms with E-state index in [0.717, 1.165) is 43.0 Å². The number of nitrogens with one attached hydrogen (secondary N) is 1. The summed E-state index contributed by atoms with van der Waals surface area (Å²) in [5.74, 6) is 4.44. The summed E-state index contributed by atoms with van der Waals surface area (Å²) in [5.41, 5.74) is 6.15. The van der Waals surface area contributed by atoms with Crippen molar-refractivity contribution in [1.82, 2.24) is 15.2 Å². The first-order chi connectivity index (χ1) is 9.25. The third kappa shape index (κ3) is 1.78. The number of hydrogen-bond acceptors (Lipinski definition) is 4. The summed E-state index contributed by atoms with van der Waals surface area (Å²) >= 11 is 0. The van der Waals surface area contributed by atoms with Gasteiger partial charge in [-0.1, -0.05) is 6.42 Å². The van der Waals surface area contributed by atoms with Crippen LogP contribution in [0.5, 0.6) is 0 Å². The number of aromatic amines is 1. The molecule has 2 saturated carbocycles. The van der Waals surface area contributed by atoms with Gasteiger partial charge in [0.25, 0.3) is 0 Å². The van der Waals surface area contributed by atoms with Crippen LogP contribution in [0.4, 0.5) is 5.95 Å². The Morgan fingerprint density at radius 1 is 1.21 bits per heavy atom. The molecule has 4 unspecified atom stereocenters. The van der Waals surface area contributed by atoms with Crippen LogP contribution in [-0.2, 0) is 0 Å². The highest BCUT2D eigenvalue weighted by atomic mass is 15.4. The second kappa shape index (κ2) is 4.20. The summed E-state index contributed by atoms with van der Waals surface area (Å²) in [5, 5.41) is 7.63. The van der Waals surface area contributed by atoms with Gasteiger partial charge in [-0.15, -0.1) is 5.10 Å². The van der Waals surface area contributed by atoms with Crippen molar-refractivity contribution in [2.24, 2.45) is 17.6 Å². The van der Waals surface area contributed by atoms with Gasteiger partial charge >= 0.3 is 0 Å². The van der Waals surface area contributed by atoms with Crippen LogP contribution >= 0.6 is 0 Å². The molecule has 104 valence electrons. The third-order valence-electron chi connectivity index (χ3n) is 5.52. The second-order valence-corrected chi connectivity index (χ2v) is 6.55. The lowest BCUT2D eigenvalue weighted by atomic mass is 9.99. The molecule has 1 saturated heterocycles. The highest BCUT2D eigenvalue weighted by Gasteiger charge is 2.55. The average molecular weight is 261 g/mol. The van der Waals surface area contributed by atoms with Crippen molar-refractivity contribution in [3.05, 3.63) is 5.82 Å². The van der Waals surface area contributed by atoms with Crippen molar-refractivity contribution in [3.8, 4) is 0 Å². The number of hydrogen-bond donors (Lipinski definition) is 2. The van der Waals surface area contributed by atoms with Gasteiger partial charge in [-0.2, -0.15) is 4.98 Å². The monoisotopic (exact) mass is 261 g/mol. The maximum absolute atomic E-state index is 6.15. The zero-order valence-electron chi connectivity index (χ0n) is 11.5. The Bertz CT molecular complexity index is 460. The van der Waals surface area contributed by atoms with E-state index in [0.29, 0.717) is 12.0 Å². The topological polar surface area (TPSA) is 70.8 Å². The number of rotatable bonds is 2. The van der Waals surface area contributed by atoms with E-state index in [1.54, 1.807) is 0 Å². The highest BCUT2D eigenvalue weighted by Crippen LogP contribution is 2.62. The number of nitrogens with zero attached hydrogens (tertiary/aromatic N) is 3. The first kappa shape index (κ1) is 11.7. The fourth-order valence-electron chi connectivity index (χ4n) is 4.23. The summed E-state index contributed by atoms with van der Waals surface area (Å²) in [6.07, 6.45) is 6.43. The molecular formula is C14H23N5. The maximum Gasteiger partial charge on any atom is 0.245 e. The number of aromatic nitrogens is 3.